The van der Waals surface area contributed by atoms with Crippen molar-refractivity contribution < 1.29 is 9.90 Å². The normalized spacial score (nSPS) is 15.8. The van der Waals surface area contributed by atoms with Crippen LogP contribution in [0.15, 0.2) is 4.79 Å². The van der Waals surface area contributed by atoms with E-state index >= 15 is 0 Å². The van der Waals surface area contributed by atoms with Crippen LogP contribution in [0, 0.1) is 5.92 Å². The molecule has 1 atom stereocenters. The fraction of sp³-hybridized carbons (Fsp3) is 0.650. The number of carbonyl (C=O) groups is 1. The predicted octanol–water partition coefficient (Wildman–Crippen LogP) is 2.71. The molecule has 1 aliphatic rings. The third kappa shape index (κ3) is 4.41. The molecule has 0 bridgehead atoms. The lowest BCUT2D eigenvalue weighted by molar-refractivity contribution is -0.124. The van der Waals surface area contributed by atoms with Crippen molar-refractivity contribution in [2.75, 3.05) is 0 Å². The molecule has 0 aliphatic heterocycles. The molecule has 3 rings (SSSR count). The summed E-state index contributed by atoms with van der Waals surface area (Å²) in [5.41, 5.74) is 0.0846. The third-order valence-corrected chi connectivity index (χ3v) is 6.39. The standard InChI is InChI=1S/C20H29N3O3S/c1-11(2)17(20(3,4)26)23-15(24)10-9-14-21-18(25)16-12-7-5-6-8-13(12)27-19(16)22-14/h11,17,26H,5-10H2,1-4H3,(H,23,24)(H,21,22,25)/t17-/m0/s1. The first kappa shape index (κ1) is 20.0. The van der Waals surface area contributed by atoms with Crippen molar-refractivity contribution >= 4 is 27.5 Å². The van der Waals surface area contributed by atoms with E-state index in [2.05, 4.69) is 15.3 Å². The molecule has 148 valence electrons. The maximum atomic E-state index is 12.6. The SMILES string of the molecule is CC(C)[C@H](NC(=O)CCc1nc2sc3c(c2c(=O)[nH]1)CCCC3)C(C)(C)O. The number of fused-ring (bicyclic) bond motifs is 3. The number of aryl methyl sites for hydroxylation is 3. The largest absolute Gasteiger partial charge is 0.388 e. The van der Waals surface area contributed by atoms with Gasteiger partial charge in [0.1, 0.15) is 10.7 Å². The lowest BCUT2D eigenvalue weighted by Crippen LogP contribution is -2.52. The Hall–Kier alpha value is -1.73. The second-order valence-electron chi connectivity index (χ2n) is 8.35. The first-order valence-corrected chi connectivity index (χ1v) is 10.5. The van der Waals surface area contributed by atoms with Gasteiger partial charge in [0.2, 0.25) is 5.91 Å². The van der Waals surface area contributed by atoms with Gasteiger partial charge in [-0.05, 0) is 51.0 Å². The zero-order chi connectivity index (χ0) is 19.8. The molecule has 2 aromatic heterocycles. The van der Waals surface area contributed by atoms with Gasteiger partial charge in [-0.3, -0.25) is 9.59 Å². The monoisotopic (exact) mass is 391 g/mol. The maximum Gasteiger partial charge on any atom is 0.259 e. The van der Waals surface area contributed by atoms with Crippen molar-refractivity contribution in [2.24, 2.45) is 5.92 Å². The summed E-state index contributed by atoms with van der Waals surface area (Å²) in [6.07, 6.45) is 4.87. The fourth-order valence-corrected chi connectivity index (χ4v) is 5.24. The van der Waals surface area contributed by atoms with Crippen LogP contribution in [-0.4, -0.2) is 32.6 Å². The first-order valence-electron chi connectivity index (χ1n) is 9.72. The van der Waals surface area contributed by atoms with Crippen LogP contribution >= 0.6 is 11.3 Å². The van der Waals surface area contributed by atoms with Crippen molar-refractivity contribution in [3.63, 3.8) is 0 Å². The summed E-state index contributed by atoms with van der Waals surface area (Å²) in [6.45, 7) is 7.33. The molecule has 1 amide bonds. The highest BCUT2D eigenvalue weighted by Gasteiger charge is 2.30. The van der Waals surface area contributed by atoms with E-state index in [9.17, 15) is 14.7 Å². The highest BCUT2D eigenvalue weighted by molar-refractivity contribution is 7.18. The third-order valence-electron chi connectivity index (χ3n) is 5.21. The van der Waals surface area contributed by atoms with Crippen LogP contribution in [0.5, 0.6) is 0 Å². The van der Waals surface area contributed by atoms with Crippen LogP contribution in [-0.2, 0) is 24.1 Å². The number of hydrogen-bond donors (Lipinski definition) is 3. The molecular weight excluding hydrogens is 362 g/mol. The second kappa shape index (κ2) is 7.72. The Morgan fingerprint density at radius 2 is 2.04 bits per heavy atom. The Balaban J connectivity index is 1.72. The molecule has 6 nitrogen and oxygen atoms in total. The van der Waals surface area contributed by atoms with Crippen molar-refractivity contribution in [1.82, 2.24) is 15.3 Å². The molecule has 0 aromatic carbocycles. The van der Waals surface area contributed by atoms with Crippen LogP contribution in [0.25, 0.3) is 10.2 Å². The van der Waals surface area contributed by atoms with Crippen molar-refractivity contribution in [3.8, 4) is 0 Å². The molecular formula is C20H29N3O3S. The summed E-state index contributed by atoms with van der Waals surface area (Å²) in [5, 5.41) is 13.9. The first-order chi connectivity index (χ1) is 12.7. The lowest BCUT2D eigenvalue weighted by Gasteiger charge is -2.33. The summed E-state index contributed by atoms with van der Waals surface area (Å²) >= 11 is 1.62. The van der Waals surface area contributed by atoms with Gasteiger partial charge in [0.15, 0.2) is 0 Å². The Labute approximate surface area is 163 Å². The number of H-pyrrole nitrogens is 1. The molecule has 0 radical (unpaired) electrons. The van der Waals surface area contributed by atoms with Crippen molar-refractivity contribution in [1.29, 1.82) is 0 Å². The molecule has 0 spiro atoms. The number of amides is 1. The van der Waals surface area contributed by atoms with Gasteiger partial charge in [0.05, 0.1) is 17.0 Å². The summed E-state index contributed by atoms with van der Waals surface area (Å²) in [5.74, 6) is 0.510. The Bertz CT molecular complexity index is 892. The Morgan fingerprint density at radius 1 is 1.33 bits per heavy atom. The highest BCUT2D eigenvalue weighted by atomic mass is 32.1. The number of rotatable bonds is 6. The van der Waals surface area contributed by atoms with Crippen molar-refractivity contribution in [3.05, 3.63) is 26.6 Å². The molecule has 0 saturated heterocycles. The minimum Gasteiger partial charge on any atom is -0.388 e. The maximum absolute atomic E-state index is 12.6. The van der Waals surface area contributed by atoms with Gasteiger partial charge < -0.3 is 15.4 Å². The summed E-state index contributed by atoms with van der Waals surface area (Å²) in [4.78, 5) is 34.4. The summed E-state index contributed by atoms with van der Waals surface area (Å²) < 4.78 is 0. The van der Waals surface area contributed by atoms with Gasteiger partial charge in [0, 0.05) is 17.7 Å². The molecule has 27 heavy (non-hydrogen) atoms. The van der Waals surface area contributed by atoms with Gasteiger partial charge in [-0.1, -0.05) is 13.8 Å². The van der Waals surface area contributed by atoms with E-state index in [-0.39, 0.29) is 29.8 Å². The van der Waals surface area contributed by atoms with E-state index < -0.39 is 5.60 Å². The number of nitrogens with one attached hydrogen (secondary N) is 2. The van der Waals surface area contributed by atoms with Crippen LogP contribution < -0.4 is 10.9 Å². The van der Waals surface area contributed by atoms with E-state index in [0.29, 0.717) is 12.2 Å². The number of aromatic amines is 1. The van der Waals surface area contributed by atoms with Gasteiger partial charge in [-0.2, -0.15) is 0 Å². The van der Waals surface area contributed by atoms with E-state index in [1.54, 1.807) is 25.2 Å². The average molecular weight is 392 g/mol. The minimum absolute atomic E-state index is 0.0913. The fourth-order valence-electron chi connectivity index (χ4n) is 3.96. The quantitative estimate of drug-likeness (QED) is 0.705. The number of aromatic nitrogens is 2. The molecule has 1 aliphatic carbocycles. The molecule has 2 heterocycles. The lowest BCUT2D eigenvalue weighted by atomic mass is 9.89. The smallest absolute Gasteiger partial charge is 0.259 e. The Kier molecular flexibility index (Phi) is 5.72. The number of aliphatic hydroxyl groups is 1. The zero-order valence-corrected chi connectivity index (χ0v) is 17.3. The molecule has 7 heteroatoms. The van der Waals surface area contributed by atoms with Gasteiger partial charge in [-0.25, -0.2) is 4.98 Å². The zero-order valence-electron chi connectivity index (χ0n) is 16.5. The van der Waals surface area contributed by atoms with Crippen LogP contribution in [0.1, 0.15) is 63.2 Å². The van der Waals surface area contributed by atoms with Gasteiger partial charge >= 0.3 is 0 Å². The Morgan fingerprint density at radius 3 is 2.70 bits per heavy atom. The molecule has 0 fully saturated rings. The number of hydrogen-bond acceptors (Lipinski definition) is 5. The van der Waals surface area contributed by atoms with E-state index in [1.165, 1.54) is 16.9 Å². The number of thiophene rings is 1. The number of nitrogens with zero attached hydrogens (tertiary/aromatic N) is 1. The number of carbonyl (C=O) groups excluding carboxylic acids is 1. The summed E-state index contributed by atoms with van der Waals surface area (Å²) in [7, 11) is 0. The topological polar surface area (TPSA) is 95.1 Å². The van der Waals surface area contributed by atoms with Gasteiger partial charge in [0.25, 0.3) is 5.56 Å². The molecule has 0 unspecified atom stereocenters. The van der Waals surface area contributed by atoms with E-state index in [0.717, 1.165) is 29.5 Å². The highest BCUT2D eigenvalue weighted by Crippen LogP contribution is 2.33. The average Bonchev–Trinajstić information content (AvgIpc) is 2.95. The predicted molar refractivity (Wildman–Crippen MR) is 108 cm³/mol. The van der Waals surface area contributed by atoms with Crippen LogP contribution in [0.2, 0.25) is 0 Å². The molecule has 0 saturated carbocycles. The van der Waals surface area contributed by atoms with Crippen molar-refractivity contribution in [2.45, 2.75) is 77.9 Å². The summed E-state index contributed by atoms with van der Waals surface area (Å²) in [6, 6.07) is -0.330. The van der Waals surface area contributed by atoms with E-state index in [1.807, 2.05) is 13.8 Å². The van der Waals surface area contributed by atoms with Crippen LogP contribution in [0.4, 0.5) is 0 Å². The minimum atomic E-state index is -0.995. The van der Waals surface area contributed by atoms with Gasteiger partial charge in [-0.15, -0.1) is 11.3 Å². The molecule has 2 aromatic rings. The molecule has 3 N–H and O–H groups in total. The second-order valence-corrected chi connectivity index (χ2v) is 9.43. The van der Waals surface area contributed by atoms with Crippen LogP contribution in [0.3, 0.4) is 0 Å². The van der Waals surface area contributed by atoms with E-state index in [4.69, 9.17) is 0 Å².